The number of carbonyl (C=O) groups excluding carboxylic acids is 1. The van der Waals surface area contributed by atoms with Gasteiger partial charge in [0.15, 0.2) is 0 Å². The van der Waals surface area contributed by atoms with E-state index in [9.17, 15) is 4.79 Å². The van der Waals surface area contributed by atoms with E-state index >= 15 is 0 Å². The van der Waals surface area contributed by atoms with E-state index in [2.05, 4.69) is 31.0 Å². The average molecular weight is 299 g/mol. The second-order valence-corrected chi connectivity index (χ2v) is 6.44. The van der Waals surface area contributed by atoms with E-state index in [4.69, 9.17) is 10.5 Å². The zero-order chi connectivity index (χ0) is 15.9. The Morgan fingerprint density at radius 1 is 1.48 bits per heavy atom. The number of hydrogen-bond acceptors (Lipinski definition) is 4. The molecular weight excluding hydrogens is 266 g/mol. The molecular formula is C16H33N3O2. The van der Waals surface area contributed by atoms with Gasteiger partial charge in [-0.2, -0.15) is 0 Å². The number of rotatable bonds is 10. The lowest BCUT2D eigenvalue weighted by Gasteiger charge is -2.36. The monoisotopic (exact) mass is 299 g/mol. The van der Waals surface area contributed by atoms with E-state index in [0.29, 0.717) is 5.92 Å². The number of amides is 1. The summed E-state index contributed by atoms with van der Waals surface area (Å²) >= 11 is 0. The van der Waals surface area contributed by atoms with Crippen molar-refractivity contribution in [2.45, 2.75) is 58.0 Å². The SMILES string of the molecule is CCN(CCOC)CCC1CCCC1(NC(C)C)C(N)=O. The molecule has 1 aliphatic rings. The Morgan fingerprint density at radius 2 is 2.19 bits per heavy atom. The molecule has 0 saturated heterocycles. The summed E-state index contributed by atoms with van der Waals surface area (Å²) in [6.45, 7) is 10.0. The molecule has 5 nitrogen and oxygen atoms in total. The van der Waals surface area contributed by atoms with Gasteiger partial charge in [0.2, 0.25) is 5.91 Å². The van der Waals surface area contributed by atoms with Gasteiger partial charge in [-0.25, -0.2) is 0 Å². The Morgan fingerprint density at radius 3 is 2.71 bits per heavy atom. The van der Waals surface area contributed by atoms with Gasteiger partial charge in [-0.05, 0) is 52.1 Å². The summed E-state index contributed by atoms with van der Waals surface area (Å²) in [7, 11) is 1.73. The highest BCUT2D eigenvalue weighted by Gasteiger charge is 2.47. The van der Waals surface area contributed by atoms with E-state index in [1.54, 1.807) is 7.11 Å². The lowest BCUT2D eigenvalue weighted by atomic mass is 9.83. The molecule has 0 heterocycles. The van der Waals surface area contributed by atoms with Gasteiger partial charge in [0, 0.05) is 19.7 Å². The maximum Gasteiger partial charge on any atom is 0.238 e. The van der Waals surface area contributed by atoms with Crippen LogP contribution in [-0.4, -0.2) is 55.7 Å². The number of nitrogens with two attached hydrogens (primary N) is 1. The van der Waals surface area contributed by atoms with Gasteiger partial charge >= 0.3 is 0 Å². The highest BCUT2D eigenvalue weighted by Crippen LogP contribution is 2.38. The molecule has 0 aromatic carbocycles. The Balaban J connectivity index is 2.64. The van der Waals surface area contributed by atoms with Gasteiger partial charge in [0.25, 0.3) is 0 Å². The second kappa shape index (κ2) is 8.71. The summed E-state index contributed by atoms with van der Waals surface area (Å²) in [5, 5.41) is 3.47. The highest BCUT2D eigenvalue weighted by molar-refractivity contribution is 5.85. The second-order valence-electron chi connectivity index (χ2n) is 6.44. The number of likely N-dealkylation sites (N-methyl/N-ethyl adjacent to an activating group) is 1. The van der Waals surface area contributed by atoms with E-state index in [1.165, 1.54) is 0 Å². The van der Waals surface area contributed by atoms with E-state index < -0.39 is 5.54 Å². The van der Waals surface area contributed by atoms with Crippen molar-refractivity contribution >= 4 is 5.91 Å². The standard InChI is InChI=1S/C16H33N3O2/c1-5-19(11-12-21-4)10-8-14-7-6-9-16(14,15(17)20)18-13(2)3/h13-14,18H,5-12H2,1-4H3,(H2,17,20). The highest BCUT2D eigenvalue weighted by atomic mass is 16.5. The minimum absolute atomic E-state index is 0.182. The normalized spacial score (nSPS) is 25.9. The molecule has 21 heavy (non-hydrogen) atoms. The predicted octanol–water partition coefficient (Wildman–Crippen LogP) is 1.37. The van der Waals surface area contributed by atoms with Crippen LogP contribution in [0.4, 0.5) is 0 Å². The molecule has 0 spiro atoms. The van der Waals surface area contributed by atoms with Crippen molar-refractivity contribution in [2.24, 2.45) is 11.7 Å². The zero-order valence-corrected chi connectivity index (χ0v) is 14.2. The topological polar surface area (TPSA) is 67.6 Å². The van der Waals surface area contributed by atoms with Crippen molar-refractivity contribution < 1.29 is 9.53 Å². The molecule has 1 aliphatic carbocycles. The van der Waals surface area contributed by atoms with Gasteiger partial charge in [0.1, 0.15) is 5.54 Å². The number of carbonyl (C=O) groups is 1. The van der Waals surface area contributed by atoms with Crippen molar-refractivity contribution in [1.29, 1.82) is 0 Å². The van der Waals surface area contributed by atoms with Gasteiger partial charge < -0.3 is 20.7 Å². The van der Waals surface area contributed by atoms with Crippen LogP contribution in [0, 0.1) is 5.92 Å². The largest absolute Gasteiger partial charge is 0.383 e. The minimum atomic E-state index is -0.505. The summed E-state index contributed by atoms with van der Waals surface area (Å²) in [6, 6.07) is 0.272. The zero-order valence-electron chi connectivity index (χ0n) is 14.2. The molecule has 0 aromatic rings. The molecule has 3 N–H and O–H groups in total. The van der Waals surface area contributed by atoms with Crippen LogP contribution in [-0.2, 0) is 9.53 Å². The fraction of sp³-hybridized carbons (Fsp3) is 0.938. The van der Waals surface area contributed by atoms with Crippen molar-refractivity contribution in [3.05, 3.63) is 0 Å². The van der Waals surface area contributed by atoms with Crippen LogP contribution in [0.5, 0.6) is 0 Å². The van der Waals surface area contributed by atoms with Crippen LogP contribution in [0.25, 0.3) is 0 Å². The fourth-order valence-corrected chi connectivity index (χ4v) is 3.56. The van der Waals surface area contributed by atoms with Gasteiger partial charge in [-0.15, -0.1) is 0 Å². The fourth-order valence-electron chi connectivity index (χ4n) is 3.56. The smallest absolute Gasteiger partial charge is 0.238 e. The summed E-state index contributed by atoms with van der Waals surface area (Å²) in [4.78, 5) is 14.5. The Labute approximate surface area is 129 Å². The summed E-state index contributed by atoms with van der Waals surface area (Å²) in [5.41, 5.74) is 5.25. The molecule has 2 unspecified atom stereocenters. The van der Waals surface area contributed by atoms with Crippen molar-refractivity contribution in [1.82, 2.24) is 10.2 Å². The van der Waals surface area contributed by atoms with E-state index in [-0.39, 0.29) is 11.9 Å². The molecule has 1 rings (SSSR count). The molecule has 5 heteroatoms. The molecule has 2 atom stereocenters. The van der Waals surface area contributed by atoms with Crippen LogP contribution in [0.1, 0.15) is 46.5 Å². The third-order valence-electron chi connectivity index (χ3n) is 4.66. The van der Waals surface area contributed by atoms with Gasteiger partial charge in [0.05, 0.1) is 6.61 Å². The van der Waals surface area contributed by atoms with E-state index in [1.807, 2.05) is 0 Å². The molecule has 0 aliphatic heterocycles. The first-order valence-corrected chi connectivity index (χ1v) is 8.25. The first-order valence-electron chi connectivity index (χ1n) is 8.25. The first kappa shape index (κ1) is 18.4. The van der Waals surface area contributed by atoms with Crippen molar-refractivity contribution in [3.8, 4) is 0 Å². The number of ether oxygens (including phenoxy) is 1. The summed E-state index contributed by atoms with van der Waals surface area (Å²) in [5.74, 6) is 0.160. The Hall–Kier alpha value is -0.650. The number of primary amides is 1. The van der Waals surface area contributed by atoms with Crippen LogP contribution in [0.15, 0.2) is 0 Å². The minimum Gasteiger partial charge on any atom is -0.383 e. The van der Waals surface area contributed by atoms with Gasteiger partial charge in [-0.1, -0.05) is 13.3 Å². The third kappa shape index (κ3) is 4.94. The van der Waals surface area contributed by atoms with E-state index in [0.717, 1.165) is 51.9 Å². The quantitative estimate of drug-likeness (QED) is 0.639. The lowest BCUT2D eigenvalue weighted by molar-refractivity contribution is -0.126. The maximum atomic E-state index is 12.1. The van der Waals surface area contributed by atoms with Crippen LogP contribution in [0.2, 0.25) is 0 Å². The lowest BCUT2D eigenvalue weighted by Crippen LogP contribution is -2.60. The maximum absolute atomic E-state index is 12.1. The number of methoxy groups -OCH3 is 1. The van der Waals surface area contributed by atoms with Gasteiger partial charge in [-0.3, -0.25) is 4.79 Å². The summed E-state index contributed by atoms with van der Waals surface area (Å²) < 4.78 is 5.15. The van der Waals surface area contributed by atoms with Crippen molar-refractivity contribution in [3.63, 3.8) is 0 Å². The number of nitrogens with one attached hydrogen (secondary N) is 1. The van der Waals surface area contributed by atoms with Crippen LogP contribution >= 0.6 is 0 Å². The molecule has 1 fully saturated rings. The Kier molecular flexibility index (Phi) is 7.63. The Bertz CT molecular complexity index is 323. The average Bonchev–Trinajstić information content (AvgIpc) is 2.82. The third-order valence-corrected chi connectivity index (χ3v) is 4.66. The molecule has 0 bridgehead atoms. The summed E-state index contributed by atoms with van der Waals surface area (Å²) in [6.07, 6.45) is 4.05. The molecule has 124 valence electrons. The molecule has 1 saturated carbocycles. The number of hydrogen-bond donors (Lipinski definition) is 2. The number of nitrogens with zero attached hydrogens (tertiary/aromatic N) is 1. The molecule has 1 amide bonds. The first-order chi connectivity index (χ1) is 9.96. The van der Waals surface area contributed by atoms with Crippen LogP contribution in [0.3, 0.4) is 0 Å². The predicted molar refractivity (Wildman–Crippen MR) is 86.1 cm³/mol. The van der Waals surface area contributed by atoms with Crippen LogP contribution < -0.4 is 11.1 Å². The molecule has 0 aromatic heterocycles. The van der Waals surface area contributed by atoms with Crippen molar-refractivity contribution in [2.75, 3.05) is 33.4 Å². The molecule has 0 radical (unpaired) electrons.